The lowest BCUT2D eigenvalue weighted by Crippen LogP contribution is -2.14. The van der Waals surface area contributed by atoms with Crippen LogP contribution >= 0.6 is 0 Å². The average Bonchev–Trinajstić information content (AvgIpc) is 1.77. The Kier molecular flexibility index (Phi) is 19.9. The molecule has 0 atom stereocenters. The molecule has 3 aliphatic heterocycles. The third-order valence-electron chi connectivity index (χ3n) is 24.0. The fourth-order valence-electron chi connectivity index (χ4n) is 17.9. The van der Waals surface area contributed by atoms with Gasteiger partial charge in [0.05, 0.1) is 34.1 Å². The average molecular weight is 1590 g/mol. The Bertz CT molecular complexity index is 6230. The lowest BCUT2D eigenvalue weighted by molar-refractivity contribution is 1.23. The van der Waals surface area contributed by atoms with Gasteiger partial charge in [-0.2, -0.15) is 0 Å². The Morgan fingerprint density at radius 3 is 0.492 bits per heavy atom. The van der Waals surface area contributed by atoms with Crippen molar-refractivity contribution in [2.24, 2.45) is 0 Å². The van der Waals surface area contributed by atoms with E-state index in [1.807, 2.05) is 0 Å². The second kappa shape index (κ2) is 32.8. The number of hydrogen-bond acceptors (Lipinski definition) is 7. The lowest BCUT2D eigenvalue weighted by Gasteiger charge is -2.30. The minimum Gasteiger partial charge on any atom is -0.310 e. The quantitative estimate of drug-likeness (QED) is 0.0843. The van der Waals surface area contributed by atoms with Crippen molar-refractivity contribution in [2.75, 3.05) is 34.3 Å². The zero-order valence-corrected chi connectivity index (χ0v) is 69.2. The molecule has 0 unspecified atom stereocenters. The number of aryl methyl sites for hydroxylation is 3. The first-order valence-electron chi connectivity index (χ1n) is 42.5. The van der Waals surface area contributed by atoms with Gasteiger partial charge >= 0.3 is 0 Å². The number of benzene rings is 18. The topological polar surface area (TPSA) is 22.7 Å². The summed E-state index contributed by atoms with van der Waals surface area (Å²) in [5.41, 5.74) is 40.2. The minimum absolute atomic E-state index is 1.00. The maximum atomic E-state index is 2.38. The SMILES string of the molecule is Cc1cccc(N(c2ccc(-c3ccc(N4c5ccccc5C=Cc5ccccc54)cc3)cc2)c2ccc(N(c3ccc(N(c4ccc(-c5ccc(N6c7ccccc7C=Cc7ccccc76)cc5)cc4)c4cccc(C)c4)cc3)c3ccc(N(c4ccc(-c5ccc(N6c7ccccc7C=Cc7ccccc76)cc5)cc4)c4cccc(C)c4)cc3)cc2)c1. The molecule has 0 saturated carbocycles. The smallest absolute Gasteiger partial charge is 0.0534 e. The van der Waals surface area contributed by atoms with Crippen molar-refractivity contribution in [2.45, 2.75) is 20.8 Å². The van der Waals surface area contributed by atoms with E-state index < -0.39 is 0 Å². The molecule has 0 bridgehead atoms. The van der Waals surface area contributed by atoms with E-state index in [9.17, 15) is 0 Å². The zero-order valence-electron chi connectivity index (χ0n) is 69.2. The van der Waals surface area contributed by atoms with E-state index in [2.05, 4.69) is 528 Å². The van der Waals surface area contributed by atoms with Crippen LogP contribution in [0.25, 0.3) is 69.8 Å². The van der Waals surface area contributed by atoms with E-state index >= 15 is 0 Å². The Labute approximate surface area is 726 Å². The Morgan fingerprint density at radius 1 is 0.145 bits per heavy atom. The molecule has 0 aliphatic carbocycles. The molecule has 124 heavy (non-hydrogen) atoms. The van der Waals surface area contributed by atoms with Crippen LogP contribution in [0.15, 0.2) is 437 Å². The summed E-state index contributed by atoms with van der Waals surface area (Å²) < 4.78 is 0. The molecule has 0 aromatic heterocycles. The summed E-state index contributed by atoms with van der Waals surface area (Å²) in [7, 11) is 0. The fourth-order valence-corrected chi connectivity index (χ4v) is 17.9. The molecule has 0 amide bonds. The van der Waals surface area contributed by atoms with E-state index in [1.54, 1.807) is 0 Å². The summed E-state index contributed by atoms with van der Waals surface area (Å²) in [5.74, 6) is 0. The molecule has 3 aliphatic rings. The molecule has 0 radical (unpaired) electrons. The molecular formula is C117H87N7. The second-order valence-corrected chi connectivity index (χ2v) is 32.0. The maximum absolute atomic E-state index is 2.38. The molecule has 0 saturated heterocycles. The number of para-hydroxylation sites is 6. The van der Waals surface area contributed by atoms with E-state index in [1.165, 1.54) is 50.1 Å². The number of hydrogen-bond donors (Lipinski definition) is 0. The maximum Gasteiger partial charge on any atom is 0.0534 e. The van der Waals surface area contributed by atoms with Crippen LogP contribution in [0, 0.1) is 20.8 Å². The van der Waals surface area contributed by atoms with Crippen molar-refractivity contribution in [3.05, 3.63) is 487 Å². The van der Waals surface area contributed by atoms with Gasteiger partial charge in [-0.25, -0.2) is 0 Å². The molecule has 18 aromatic rings. The summed E-state index contributed by atoms with van der Waals surface area (Å²) in [6.07, 6.45) is 13.3. The van der Waals surface area contributed by atoms with Gasteiger partial charge in [0.25, 0.3) is 0 Å². The van der Waals surface area contributed by atoms with Gasteiger partial charge in [0.15, 0.2) is 0 Å². The van der Waals surface area contributed by atoms with Crippen LogP contribution in [0.4, 0.5) is 119 Å². The van der Waals surface area contributed by atoms with E-state index in [4.69, 9.17) is 0 Å². The highest BCUT2D eigenvalue weighted by molar-refractivity contribution is 5.98. The number of nitrogens with zero attached hydrogens (tertiary/aromatic N) is 7. The summed E-state index contributed by atoms with van der Waals surface area (Å²) in [6, 6.07) is 159. The predicted octanol–water partition coefficient (Wildman–Crippen LogP) is 33.4. The molecule has 21 rings (SSSR count). The van der Waals surface area contributed by atoms with Crippen LogP contribution in [0.3, 0.4) is 0 Å². The second-order valence-electron chi connectivity index (χ2n) is 32.0. The summed E-state index contributed by atoms with van der Waals surface area (Å²) in [6.45, 7) is 6.50. The first-order valence-corrected chi connectivity index (χ1v) is 42.5. The van der Waals surface area contributed by atoms with Gasteiger partial charge in [0.2, 0.25) is 0 Å². The van der Waals surface area contributed by atoms with Gasteiger partial charge in [-0.3, -0.25) is 0 Å². The van der Waals surface area contributed by atoms with Crippen LogP contribution < -0.4 is 34.3 Å². The molecule has 590 valence electrons. The molecule has 3 heterocycles. The third kappa shape index (κ3) is 14.7. The Balaban J connectivity index is 0.616. The molecule has 18 aromatic carbocycles. The standard InChI is InChI=1S/C117H87N7/c1-82-19-16-28-109(79-82)119(97-55-43-85(44-56-97)88-49-61-106(62-50-88)122-112-31-10-4-22-91(112)37-38-92-23-5-11-32-113(92)122)103-73-67-100(68-74-103)118(101-69-75-104(76-70-101)120(110-29-17-20-83(2)80-110)98-57-45-86(46-58-98)89-51-63-107(64-52-89)123-114-33-12-6-24-93(114)39-40-94-25-7-13-34-115(94)123)102-71-77-105(78-72-102)121(111-30-18-21-84(3)81-111)99-59-47-87(48-60-99)90-53-65-108(66-54-90)124-116-35-14-8-26-95(116)41-42-96-27-9-15-36-117(96)124/h4-81H,1-3H3. The molecule has 0 fully saturated rings. The summed E-state index contributed by atoms with van der Waals surface area (Å²) >= 11 is 0. The van der Waals surface area contributed by atoms with Crippen molar-refractivity contribution in [3.8, 4) is 33.4 Å². The Hall–Kier alpha value is -16.2. The molecular weight excluding hydrogens is 1500 g/mol. The zero-order chi connectivity index (χ0) is 83.0. The van der Waals surface area contributed by atoms with E-state index in [0.29, 0.717) is 0 Å². The van der Waals surface area contributed by atoms with Gasteiger partial charge in [-0.05, 0) is 323 Å². The number of fused-ring (bicyclic) bond motifs is 6. The van der Waals surface area contributed by atoms with Gasteiger partial charge in [-0.1, -0.05) is 255 Å². The molecule has 7 nitrogen and oxygen atoms in total. The van der Waals surface area contributed by atoms with Gasteiger partial charge < -0.3 is 34.3 Å². The highest BCUT2D eigenvalue weighted by atomic mass is 15.2. The highest BCUT2D eigenvalue weighted by Crippen LogP contribution is 2.50. The van der Waals surface area contributed by atoms with Crippen LogP contribution in [0.2, 0.25) is 0 Å². The number of anilines is 21. The summed E-state index contributed by atoms with van der Waals surface area (Å²) in [4.78, 5) is 16.6. The predicted molar refractivity (Wildman–Crippen MR) is 527 cm³/mol. The van der Waals surface area contributed by atoms with Crippen molar-refractivity contribution >= 4 is 156 Å². The van der Waals surface area contributed by atoms with Crippen molar-refractivity contribution in [3.63, 3.8) is 0 Å². The highest BCUT2D eigenvalue weighted by Gasteiger charge is 2.27. The normalized spacial score (nSPS) is 12.2. The monoisotopic (exact) mass is 1590 g/mol. The molecule has 0 N–H and O–H groups in total. The van der Waals surface area contributed by atoms with Crippen LogP contribution in [0.1, 0.15) is 50.1 Å². The minimum atomic E-state index is 1.00. The van der Waals surface area contributed by atoms with Crippen LogP contribution in [-0.4, -0.2) is 0 Å². The fraction of sp³-hybridized carbons (Fsp3) is 0.0256. The van der Waals surface area contributed by atoms with Crippen molar-refractivity contribution < 1.29 is 0 Å². The van der Waals surface area contributed by atoms with Crippen molar-refractivity contribution in [1.82, 2.24) is 0 Å². The summed E-state index contributed by atoms with van der Waals surface area (Å²) in [5, 5.41) is 0. The van der Waals surface area contributed by atoms with Gasteiger partial charge in [0, 0.05) is 85.3 Å². The van der Waals surface area contributed by atoms with Crippen molar-refractivity contribution in [1.29, 1.82) is 0 Å². The Morgan fingerprint density at radius 2 is 0.306 bits per heavy atom. The van der Waals surface area contributed by atoms with E-state index in [0.717, 1.165) is 153 Å². The van der Waals surface area contributed by atoms with Crippen LogP contribution in [0.5, 0.6) is 0 Å². The van der Waals surface area contributed by atoms with Gasteiger partial charge in [0.1, 0.15) is 0 Å². The van der Waals surface area contributed by atoms with Crippen LogP contribution in [-0.2, 0) is 0 Å². The third-order valence-corrected chi connectivity index (χ3v) is 24.0. The van der Waals surface area contributed by atoms with E-state index in [-0.39, 0.29) is 0 Å². The first kappa shape index (κ1) is 75.3. The molecule has 7 heteroatoms. The largest absolute Gasteiger partial charge is 0.310 e. The molecule has 0 spiro atoms. The van der Waals surface area contributed by atoms with Gasteiger partial charge in [-0.15, -0.1) is 0 Å². The number of rotatable bonds is 18. The lowest BCUT2D eigenvalue weighted by atomic mass is 10.0. The first-order chi connectivity index (χ1) is 61.2.